The summed E-state index contributed by atoms with van der Waals surface area (Å²) in [6, 6.07) is 5.78. The van der Waals surface area contributed by atoms with Gasteiger partial charge in [0.1, 0.15) is 17.4 Å². The maximum Gasteiger partial charge on any atom is 0.410 e. The Balaban J connectivity index is 1.40. The van der Waals surface area contributed by atoms with Crippen molar-refractivity contribution in [3.63, 3.8) is 0 Å². The van der Waals surface area contributed by atoms with Crippen molar-refractivity contribution in [1.29, 1.82) is 0 Å². The molecule has 1 amide bonds. The van der Waals surface area contributed by atoms with E-state index in [0.717, 1.165) is 22.3 Å². The zero-order valence-electron chi connectivity index (χ0n) is 21.0. The smallest absolute Gasteiger partial charge is 0.410 e. The van der Waals surface area contributed by atoms with E-state index in [1.807, 2.05) is 58.4 Å². The van der Waals surface area contributed by atoms with Gasteiger partial charge in [-0.15, -0.1) is 0 Å². The highest BCUT2D eigenvalue weighted by atomic mass is 16.6. The van der Waals surface area contributed by atoms with Crippen LogP contribution in [0.25, 0.3) is 22.3 Å². The zero-order chi connectivity index (χ0) is 25.4. The number of pyridine rings is 1. The molecule has 36 heavy (non-hydrogen) atoms. The predicted octanol–water partition coefficient (Wildman–Crippen LogP) is 4.27. The topological polar surface area (TPSA) is 123 Å². The van der Waals surface area contributed by atoms with E-state index < -0.39 is 5.60 Å². The number of carbonyl (C=O) groups is 1. The highest BCUT2D eigenvalue weighted by molar-refractivity contribution is 5.97. The molecule has 5 rings (SSSR count). The number of hydrogen-bond donors (Lipinski definition) is 2. The van der Waals surface area contributed by atoms with Gasteiger partial charge in [-0.3, -0.25) is 9.67 Å². The molecule has 4 aromatic heterocycles. The Morgan fingerprint density at radius 2 is 2.06 bits per heavy atom. The molecule has 0 saturated heterocycles. The van der Waals surface area contributed by atoms with Crippen LogP contribution in [-0.4, -0.2) is 65.5 Å². The van der Waals surface area contributed by atoms with Crippen LogP contribution in [0.4, 0.5) is 16.4 Å². The summed E-state index contributed by atoms with van der Waals surface area (Å²) >= 11 is 0. The first-order valence-electron chi connectivity index (χ1n) is 11.8. The number of hydrogen-bond acceptors (Lipinski definition) is 8. The van der Waals surface area contributed by atoms with Crippen molar-refractivity contribution in [1.82, 2.24) is 34.6 Å². The van der Waals surface area contributed by atoms with Crippen molar-refractivity contribution in [2.75, 3.05) is 12.4 Å². The van der Waals surface area contributed by atoms with Crippen molar-refractivity contribution >= 4 is 28.8 Å². The fourth-order valence-electron chi connectivity index (χ4n) is 4.07. The first-order valence-corrected chi connectivity index (χ1v) is 11.8. The number of ether oxygens (including phenoxy) is 2. The fourth-order valence-corrected chi connectivity index (χ4v) is 4.07. The van der Waals surface area contributed by atoms with Gasteiger partial charge in [-0.2, -0.15) is 15.1 Å². The normalized spacial score (nSPS) is 17.5. The van der Waals surface area contributed by atoms with Crippen molar-refractivity contribution in [3.8, 4) is 17.1 Å². The number of aromatic nitrogens is 6. The molecule has 4 heterocycles. The Morgan fingerprint density at radius 3 is 2.72 bits per heavy atom. The summed E-state index contributed by atoms with van der Waals surface area (Å²) in [5, 5.41) is 8.13. The highest BCUT2D eigenvalue weighted by Gasteiger charge is 2.38. The second-order valence-corrected chi connectivity index (χ2v) is 9.98. The van der Waals surface area contributed by atoms with E-state index in [1.54, 1.807) is 29.0 Å². The first-order chi connectivity index (χ1) is 17.2. The number of carbonyl (C=O) groups excluding carboxylic acids is 1. The minimum Gasteiger partial charge on any atom is -0.474 e. The van der Waals surface area contributed by atoms with Crippen LogP contribution >= 0.6 is 0 Å². The molecule has 1 aliphatic rings. The lowest BCUT2D eigenvalue weighted by Gasteiger charge is -2.40. The predicted molar refractivity (Wildman–Crippen MR) is 135 cm³/mol. The van der Waals surface area contributed by atoms with Gasteiger partial charge in [0.05, 0.1) is 23.0 Å². The molecule has 0 aliphatic heterocycles. The molecule has 0 spiro atoms. The van der Waals surface area contributed by atoms with Crippen LogP contribution < -0.4 is 10.1 Å². The van der Waals surface area contributed by atoms with Gasteiger partial charge in [-0.1, -0.05) is 6.07 Å². The lowest BCUT2D eigenvalue weighted by atomic mass is 9.88. The number of anilines is 2. The minimum absolute atomic E-state index is 0.0386. The summed E-state index contributed by atoms with van der Waals surface area (Å²) in [4.78, 5) is 31.1. The second-order valence-electron chi connectivity index (χ2n) is 9.98. The third-order valence-electron chi connectivity index (χ3n) is 5.98. The molecular weight excluding hydrogens is 460 g/mol. The third kappa shape index (κ3) is 4.95. The van der Waals surface area contributed by atoms with E-state index in [1.165, 1.54) is 0 Å². The van der Waals surface area contributed by atoms with Crippen LogP contribution in [0.5, 0.6) is 5.88 Å². The van der Waals surface area contributed by atoms with Crippen LogP contribution in [0.2, 0.25) is 0 Å². The van der Waals surface area contributed by atoms with E-state index in [2.05, 4.69) is 25.4 Å². The van der Waals surface area contributed by atoms with Gasteiger partial charge in [0.2, 0.25) is 11.8 Å². The van der Waals surface area contributed by atoms with Crippen LogP contribution in [0.15, 0.2) is 43.0 Å². The molecule has 1 saturated carbocycles. The Morgan fingerprint density at radius 1 is 1.25 bits per heavy atom. The molecule has 11 heteroatoms. The Labute approximate surface area is 208 Å². The molecule has 4 aromatic rings. The SMILES string of the molecule is CN(C(=O)OC(C)(C)C)C1CC(Oc2nc(Nc3cnn(C)c3)nc3[nH]cc(-c4ccccn4)c23)C1. The first kappa shape index (κ1) is 23.6. The molecular formula is C25H30N8O3. The van der Waals surface area contributed by atoms with Gasteiger partial charge in [0.15, 0.2) is 0 Å². The molecule has 1 fully saturated rings. The maximum absolute atomic E-state index is 12.4. The average Bonchev–Trinajstić information content (AvgIpc) is 3.41. The van der Waals surface area contributed by atoms with Crippen LogP contribution in [-0.2, 0) is 11.8 Å². The molecule has 0 unspecified atom stereocenters. The number of H-pyrrole nitrogens is 1. The van der Waals surface area contributed by atoms with E-state index in [4.69, 9.17) is 14.5 Å². The molecule has 0 aromatic carbocycles. The van der Waals surface area contributed by atoms with Gasteiger partial charge in [0, 0.05) is 57.1 Å². The largest absolute Gasteiger partial charge is 0.474 e. The zero-order valence-corrected chi connectivity index (χ0v) is 21.0. The molecule has 11 nitrogen and oxygen atoms in total. The lowest BCUT2D eigenvalue weighted by Crippen LogP contribution is -2.51. The molecule has 2 N–H and O–H groups in total. The van der Waals surface area contributed by atoms with Gasteiger partial charge >= 0.3 is 6.09 Å². The van der Waals surface area contributed by atoms with Crippen molar-refractivity contribution in [2.45, 2.75) is 51.4 Å². The lowest BCUT2D eigenvalue weighted by molar-refractivity contribution is -0.00927. The van der Waals surface area contributed by atoms with E-state index in [9.17, 15) is 4.79 Å². The maximum atomic E-state index is 12.4. The summed E-state index contributed by atoms with van der Waals surface area (Å²) in [5.41, 5.74) is 2.51. The summed E-state index contributed by atoms with van der Waals surface area (Å²) in [5.74, 6) is 0.846. The third-order valence-corrected chi connectivity index (χ3v) is 5.98. The standard InChI is InChI=1S/C25H30N8O3/c1-25(2,3)36-24(34)33(5)16-10-17(11-16)35-22-20-18(19-8-6-7-9-26-19)13-27-21(20)30-23(31-22)29-15-12-28-32(4)14-15/h6-9,12-14,16-17H,10-11H2,1-5H3,(H2,27,29,30,31). The van der Waals surface area contributed by atoms with Crippen LogP contribution in [0.1, 0.15) is 33.6 Å². The second kappa shape index (κ2) is 9.14. The summed E-state index contributed by atoms with van der Waals surface area (Å²) in [7, 11) is 3.61. The molecule has 0 radical (unpaired) electrons. The number of amides is 1. The quantitative estimate of drug-likeness (QED) is 0.411. The number of aryl methyl sites for hydroxylation is 1. The van der Waals surface area contributed by atoms with Crippen molar-refractivity contribution < 1.29 is 14.3 Å². The van der Waals surface area contributed by atoms with Crippen molar-refractivity contribution in [3.05, 3.63) is 43.0 Å². The number of aromatic amines is 1. The molecule has 1 aliphatic carbocycles. The minimum atomic E-state index is -0.536. The van der Waals surface area contributed by atoms with E-state index in [0.29, 0.717) is 30.3 Å². The summed E-state index contributed by atoms with van der Waals surface area (Å²) in [6.07, 6.45) is 8.07. The molecule has 0 bridgehead atoms. The van der Waals surface area contributed by atoms with Gasteiger partial charge in [-0.05, 0) is 32.9 Å². The Bertz CT molecular complexity index is 1370. The van der Waals surface area contributed by atoms with Crippen LogP contribution in [0.3, 0.4) is 0 Å². The highest BCUT2D eigenvalue weighted by Crippen LogP contribution is 2.37. The Kier molecular flexibility index (Phi) is 5.99. The summed E-state index contributed by atoms with van der Waals surface area (Å²) < 4.78 is 13.6. The Hall–Kier alpha value is -4.15. The van der Waals surface area contributed by atoms with Crippen LogP contribution in [0, 0.1) is 0 Å². The monoisotopic (exact) mass is 490 g/mol. The molecule has 188 valence electrons. The number of nitrogens with one attached hydrogen (secondary N) is 2. The number of rotatable bonds is 6. The fraction of sp³-hybridized carbons (Fsp3) is 0.400. The van der Waals surface area contributed by atoms with E-state index in [-0.39, 0.29) is 18.2 Å². The van der Waals surface area contributed by atoms with E-state index >= 15 is 0 Å². The van der Waals surface area contributed by atoms with Crippen molar-refractivity contribution in [2.24, 2.45) is 7.05 Å². The van der Waals surface area contributed by atoms with Gasteiger partial charge < -0.3 is 24.7 Å². The average molecular weight is 491 g/mol. The summed E-state index contributed by atoms with van der Waals surface area (Å²) in [6.45, 7) is 5.58. The van der Waals surface area contributed by atoms with Gasteiger partial charge in [0.25, 0.3) is 0 Å². The molecule has 0 atom stereocenters. The number of nitrogens with zero attached hydrogens (tertiary/aromatic N) is 6. The number of fused-ring (bicyclic) bond motifs is 1. The van der Waals surface area contributed by atoms with Gasteiger partial charge in [-0.25, -0.2) is 4.79 Å².